The summed E-state index contributed by atoms with van der Waals surface area (Å²) in [6.07, 6.45) is 5.39. The Morgan fingerprint density at radius 2 is 1.36 bits per heavy atom. The fourth-order valence-electron chi connectivity index (χ4n) is 2.44. The lowest BCUT2D eigenvalue weighted by molar-refractivity contribution is -0.226. The summed E-state index contributed by atoms with van der Waals surface area (Å²) in [5.74, 6) is 2.15. The first-order valence-corrected chi connectivity index (χ1v) is 5.99. The normalized spacial score (nSPS) is 45.0. The van der Waals surface area contributed by atoms with Crippen LogP contribution in [0.15, 0.2) is 0 Å². The van der Waals surface area contributed by atoms with Gasteiger partial charge in [-0.1, -0.05) is 26.7 Å². The van der Waals surface area contributed by atoms with Gasteiger partial charge in [-0.25, -0.2) is 0 Å². The van der Waals surface area contributed by atoms with Crippen LogP contribution in [0.5, 0.6) is 0 Å². The third-order valence-corrected chi connectivity index (χ3v) is 3.54. The molecule has 2 fully saturated rings. The smallest absolute Gasteiger partial charge is 0.160 e. The van der Waals surface area contributed by atoms with Crippen molar-refractivity contribution in [1.82, 2.24) is 0 Å². The zero-order valence-electron chi connectivity index (χ0n) is 9.37. The van der Waals surface area contributed by atoms with Crippen LogP contribution < -0.4 is 0 Å². The van der Waals surface area contributed by atoms with E-state index in [1.807, 2.05) is 0 Å². The van der Waals surface area contributed by atoms with E-state index in [1.54, 1.807) is 0 Å². The minimum Gasteiger partial charge on any atom is -0.352 e. The van der Waals surface area contributed by atoms with Gasteiger partial charge >= 0.3 is 0 Å². The lowest BCUT2D eigenvalue weighted by Gasteiger charge is -2.36. The highest BCUT2D eigenvalue weighted by molar-refractivity contribution is 4.74. The number of ether oxygens (including phenoxy) is 2. The molecule has 1 aliphatic heterocycles. The quantitative estimate of drug-likeness (QED) is 0.645. The molecule has 82 valence electrons. The maximum atomic E-state index is 5.74. The molecule has 1 aliphatic carbocycles. The molecule has 14 heavy (non-hydrogen) atoms. The molecule has 0 aromatic carbocycles. The van der Waals surface area contributed by atoms with E-state index < -0.39 is 0 Å². The van der Waals surface area contributed by atoms with Gasteiger partial charge in [0.05, 0.1) is 13.2 Å². The molecule has 1 saturated carbocycles. The van der Waals surface area contributed by atoms with Crippen LogP contribution in [0.3, 0.4) is 0 Å². The van der Waals surface area contributed by atoms with E-state index in [2.05, 4.69) is 13.8 Å². The van der Waals surface area contributed by atoms with Crippen molar-refractivity contribution in [2.75, 3.05) is 13.2 Å². The Labute approximate surface area is 87.0 Å². The largest absolute Gasteiger partial charge is 0.352 e. The molecule has 0 spiro atoms. The SMILES string of the molecule is CC1CCC(C2OCC(C)CO2)CC1. The van der Waals surface area contributed by atoms with Crippen LogP contribution in [0.2, 0.25) is 0 Å². The first-order chi connectivity index (χ1) is 6.75. The maximum Gasteiger partial charge on any atom is 0.160 e. The molecule has 0 unspecified atom stereocenters. The molecule has 0 atom stereocenters. The van der Waals surface area contributed by atoms with Gasteiger partial charge in [0.1, 0.15) is 0 Å². The first-order valence-electron chi connectivity index (χ1n) is 5.99. The molecule has 2 nitrogen and oxygen atoms in total. The predicted molar refractivity (Wildman–Crippen MR) is 56.0 cm³/mol. The first kappa shape index (κ1) is 10.4. The zero-order chi connectivity index (χ0) is 9.97. The molecule has 1 heterocycles. The van der Waals surface area contributed by atoms with Crippen LogP contribution in [-0.2, 0) is 9.47 Å². The lowest BCUT2D eigenvalue weighted by atomic mass is 9.82. The van der Waals surface area contributed by atoms with E-state index in [1.165, 1.54) is 25.7 Å². The van der Waals surface area contributed by atoms with Gasteiger partial charge in [-0.2, -0.15) is 0 Å². The Morgan fingerprint density at radius 1 is 0.786 bits per heavy atom. The van der Waals surface area contributed by atoms with Gasteiger partial charge in [-0.3, -0.25) is 0 Å². The summed E-state index contributed by atoms with van der Waals surface area (Å²) in [5, 5.41) is 0. The Kier molecular flexibility index (Phi) is 3.45. The molecule has 1 saturated heterocycles. The molecule has 2 heteroatoms. The van der Waals surface area contributed by atoms with Gasteiger partial charge < -0.3 is 9.47 Å². The molecule has 0 N–H and O–H groups in total. The fourth-order valence-corrected chi connectivity index (χ4v) is 2.44. The fraction of sp³-hybridized carbons (Fsp3) is 1.00. The van der Waals surface area contributed by atoms with Gasteiger partial charge in [-0.05, 0) is 18.8 Å². The molecular weight excluding hydrogens is 176 g/mol. The Hall–Kier alpha value is -0.0800. The van der Waals surface area contributed by atoms with Crippen molar-refractivity contribution in [2.24, 2.45) is 17.8 Å². The minimum absolute atomic E-state index is 0.110. The third kappa shape index (κ3) is 2.48. The number of rotatable bonds is 1. The Morgan fingerprint density at radius 3 is 1.93 bits per heavy atom. The summed E-state index contributed by atoms with van der Waals surface area (Å²) in [6, 6.07) is 0. The van der Waals surface area contributed by atoms with Crippen molar-refractivity contribution in [3.8, 4) is 0 Å². The van der Waals surface area contributed by atoms with Crippen LogP contribution in [0, 0.1) is 17.8 Å². The maximum absolute atomic E-state index is 5.74. The summed E-state index contributed by atoms with van der Waals surface area (Å²) in [7, 11) is 0. The third-order valence-electron chi connectivity index (χ3n) is 3.54. The summed E-state index contributed by atoms with van der Waals surface area (Å²) < 4.78 is 11.5. The van der Waals surface area contributed by atoms with Gasteiger partial charge in [-0.15, -0.1) is 0 Å². The lowest BCUT2D eigenvalue weighted by Crippen LogP contribution is -2.37. The van der Waals surface area contributed by atoms with E-state index >= 15 is 0 Å². The van der Waals surface area contributed by atoms with Crippen LogP contribution in [-0.4, -0.2) is 19.5 Å². The van der Waals surface area contributed by atoms with E-state index in [-0.39, 0.29) is 6.29 Å². The molecule has 2 aliphatic rings. The van der Waals surface area contributed by atoms with Crippen molar-refractivity contribution in [3.63, 3.8) is 0 Å². The highest BCUT2D eigenvalue weighted by atomic mass is 16.7. The Bertz CT molecular complexity index is 145. The Balaban J connectivity index is 1.78. The molecule has 0 aromatic heterocycles. The number of hydrogen-bond donors (Lipinski definition) is 0. The molecule has 0 aromatic rings. The van der Waals surface area contributed by atoms with Crippen molar-refractivity contribution < 1.29 is 9.47 Å². The van der Waals surface area contributed by atoms with Crippen molar-refractivity contribution in [3.05, 3.63) is 0 Å². The van der Waals surface area contributed by atoms with Gasteiger partial charge in [0.15, 0.2) is 6.29 Å². The van der Waals surface area contributed by atoms with Gasteiger partial charge in [0.2, 0.25) is 0 Å². The highest BCUT2D eigenvalue weighted by Gasteiger charge is 2.30. The molecule has 2 rings (SSSR count). The topological polar surface area (TPSA) is 18.5 Å². The van der Waals surface area contributed by atoms with Crippen LogP contribution in [0.25, 0.3) is 0 Å². The van der Waals surface area contributed by atoms with Crippen LogP contribution >= 0.6 is 0 Å². The highest BCUT2D eigenvalue weighted by Crippen LogP contribution is 2.33. The van der Waals surface area contributed by atoms with Gasteiger partial charge in [0, 0.05) is 11.8 Å². The summed E-state index contributed by atoms with van der Waals surface area (Å²) in [5.41, 5.74) is 0. The van der Waals surface area contributed by atoms with E-state index in [0.717, 1.165) is 19.1 Å². The average molecular weight is 198 g/mol. The monoisotopic (exact) mass is 198 g/mol. The summed E-state index contributed by atoms with van der Waals surface area (Å²) in [6.45, 7) is 6.30. The van der Waals surface area contributed by atoms with Crippen LogP contribution in [0.1, 0.15) is 39.5 Å². The van der Waals surface area contributed by atoms with E-state index in [0.29, 0.717) is 11.8 Å². The molecule has 0 amide bonds. The second kappa shape index (κ2) is 4.63. The minimum atomic E-state index is 0.110. The molecule has 0 bridgehead atoms. The predicted octanol–water partition coefficient (Wildman–Crippen LogP) is 2.82. The average Bonchev–Trinajstić information content (AvgIpc) is 2.21. The van der Waals surface area contributed by atoms with Crippen molar-refractivity contribution in [2.45, 2.75) is 45.8 Å². The van der Waals surface area contributed by atoms with Gasteiger partial charge in [0.25, 0.3) is 0 Å². The van der Waals surface area contributed by atoms with E-state index in [4.69, 9.17) is 9.47 Å². The van der Waals surface area contributed by atoms with Crippen molar-refractivity contribution in [1.29, 1.82) is 0 Å². The summed E-state index contributed by atoms with van der Waals surface area (Å²) in [4.78, 5) is 0. The standard InChI is InChI=1S/C12H22O2/c1-9-3-5-11(6-4-9)12-13-7-10(2)8-14-12/h9-12H,3-8H2,1-2H3. The molecular formula is C12H22O2. The van der Waals surface area contributed by atoms with E-state index in [9.17, 15) is 0 Å². The summed E-state index contributed by atoms with van der Waals surface area (Å²) >= 11 is 0. The molecule has 0 radical (unpaired) electrons. The van der Waals surface area contributed by atoms with Crippen molar-refractivity contribution >= 4 is 0 Å². The second-order valence-electron chi connectivity index (χ2n) is 5.16. The van der Waals surface area contributed by atoms with Crippen LogP contribution in [0.4, 0.5) is 0 Å². The second-order valence-corrected chi connectivity index (χ2v) is 5.16. The number of hydrogen-bond acceptors (Lipinski definition) is 2. The zero-order valence-corrected chi connectivity index (χ0v) is 9.37.